The molecule has 0 atom stereocenters. The molecule has 1 aromatic heterocycles. The highest BCUT2D eigenvalue weighted by molar-refractivity contribution is 5.80. The maximum Gasteiger partial charge on any atom is 0.241 e. The Morgan fingerprint density at radius 1 is 1.00 bits per heavy atom. The van der Waals surface area contributed by atoms with E-state index < -0.39 is 0 Å². The molecular weight excluding hydrogens is 220 g/mol. The molecule has 2 N–H and O–H groups in total. The average molecular weight is 237 g/mol. The van der Waals surface area contributed by atoms with Crippen molar-refractivity contribution in [3.05, 3.63) is 65.5 Å². The van der Waals surface area contributed by atoms with Crippen LogP contribution in [0.15, 0.2) is 48.7 Å². The van der Waals surface area contributed by atoms with E-state index in [1.807, 2.05) is 18.3 Å². The van der Waals surface area contributed by atoms with Crippen molar-refractivity contribution in [3.63, 3.8) is 0 Å². The lowest BCUT2D eigenvalue weighted by molar-refractivity contribution is -0.642. The maximum atomic E-state index is 6.06. The van der Waals surface area contributed by atoms with E-state index in [-0.39, 0.29) is 0 Å². The van der Waals surface area contributed by atoms with E-state index >= 15 is 0 Å². The van der Waals surface area contributed by atoms with E-state index in [4.69, 9.17) is 5.84 Å². The van der Waals surface area contributed by atoms with Gasteiger partial charge in [0.05, 0.1) is 0 Å². The van der Waals surface area contributed by atoms with Crippen LogP contribution in [0.3, 0.4) is 0 Å². The monoisotopic (exact) mass is 237 g/mol. The molecule has 0 saturated heterocycles. The summed E-state index contributed by atoms with van der Waals surface area (Å²) >= 11 is 0. The first kappa shape index (κ1) is 11.0. The number of hydrogen-bond donors (Lipinski definition) is 1. The van der Waals surface area contributed by atoms with Crippen molar-refractivity contribution in [2.45, 2.75) is 19.3 Å². The second-order valence-corrected chi connectivity index (χ2v) is 4.72. The highest BCUT2D eigenvalue weighted by Crippen LogP contribution is 2.29. The number of fused-ring (bicyclic) bond motifs is 1. The van der Waals surface area contributed by atoms with Crippen LogP contribution < -0.4 is 10.5 Å². The quantitative estimate of drug-likeness (QED) is 0.599. The predicted octanol–water partition coefficient (Wildman–Crippen LogP) is 2.56. The summed E-state index contributed by atoms with van der Waals surface area (Å²) in [5.41, 5.74) is 5.12. The molecule has 0 spiro atoms. The van der Waals surface area contributed by atoms with Crippen molar-refractivity contribution < 1.29 is 4.68 Å². The third-order valence-electron chi connectivity index (χ3n) is 3.44. The molecule has 0 saturated carbocycles. The van der Waals surface area contributed by atoms with Gasteiger partial charge in [-0.3, -0.25) is 0 Å². The van der Waals surface area contributed by atoms with Crippen molar-refractivity contribution in [1.29, 1.82) is 0 Å². The Labute approximate surface area is 107 Å². The number of nitrogens with two attached hydrogens (primary N) is 1. The predicted molar refractivity (Wildman–Crippen MR) is 74.0 cm³/mol. The number of hydrogen-bond acceptors (Lipinski definition) is 1. The van der Waals surface area contributed by atoms with Crippen LogP contribution in [0.2, 0.25) is 0 Å². The third-order valence-corrected chi connectivity index (χ3v) is 3.44. The van der Waals surface area contributed by atoms with Gasteiger partial charge in [-0.2, -0.15) is 0 Å². The molecule has 0 bridgehead atoms. The Balaban J connectivity index is 2.09. The number of pyridine rings is 1. The van der Waals surface area contributed by atoms with Crippen molar-refractivity contribution >= 4 is 11.6 Å². The van der Waals surface area contributed by atoms with Crippen LogP contribution in [-0.2, 0) is 6.42 Å². The molecular formula is C16H17N2+. The van der Waals surface area contributed by atoms with Crippen LogP contribution in [0.1, 0.15) is 29.7 Å². The van der Waals surface area contributed by atoms with Crippen LogP contribution in [0.4, 0.5) is 0 Å². The molecule has 90 valence electrons. The van der Waals surface area contributed by atoms with Gasteiger partial charge in [-0.05, 0) is 37.0 Å². The zero-order valence-corrected chi connectivity index (χ0v) is 10.3. The van der Waals surface area contributed by atoms with Gasteiger partial charge in [0, 0.05) is 17.2 Å². The van der Waals surface area contributed by atoms with Gasteiger partial charge in [0.1, 0.15) is 0 Å². The minimum atomic E-state index is 1.10. The van der Waals surface area contributed by atoms with Crippen molar-refractivity contribution in [3.8, 4) is 0 Å². The Kier molecular flexibility index (Phi) is 2.85. The number of rotatable bonds is 1. The van der Waals surface area contributed by atoms with Crippen LogP contribution in [-0.4, -0.2) is 0 Å². The molecule has 0 fully saturated rings. The van der Waals surface area contributed by atoms with Crippen LogP contribution >= 0.6 is 0 Å². The molecule has 1 aliphatic rings. The maximum absolute atomic E-state index is 6.06. The smallest absolute Gasteiger partial charge is 0.205 e. The van der Waals surface area contributed by atoms with Gasteiger partial charge in [0.15, 0.2) is 6.20 Å². The first-order valence-corrected chi connectivity index (χ1v) is 6.39. The van der Waals surface area contributed by atoms with Gasteiger partial charge in [-0.15, -0.1) is 0 Å². The number of nitrogen functional groups attached to an aromatic ring is 1. The topological polar surface area (TPSA) is 29.9 Å². The summed E-state index contributed by atoms with van der Waals surface area (Å²) in [6, 6.07) is 14.6. The third kappa shape index (κ3) is 2.02. The second kappa shape index (κ2) is 4.65. The van der Waals surface area contributed by atoms with Gasteiger partial charge in [0.25, 0.3) is 0 Å². The largest absolute Gasteiger partial charge is 0.241 e. The summed E-state index contributed by atoms with van der Waals surface area (Å²) in [4.78, 5) is 0. The van der Waals surface area contributed by atoms with Gasteiger partial charge in [-0.1, -0.05) is 35.0 Å². The summed E-state index contributed by atoms with van der Waals surface area (Å²) in [6.45, 7) is 0. The van der Waals surface area contributed by atoms with E-state index in [1.165, 1.54) is 28.8 Å². The Bertz CT molecular complexity index is 585. The zero-order chi connectivity index (χ0) is 12.4. The fraction of sp³-hybridized carbons (Fsp3) is 0.188. The van der Waals surface area contributed by atoms with Crippen molar-refractivity contribution in [2.75, 3.05) is 5.84 Å². The normalized spacial score (nSPS) is 16.6. The molecule has 2 nitrogen and oxygen atoms in total. The first-order valence-electron chi connectivity index (χ1n) is 6.39. The minimum absolute atomic E-state index is 1.10. The number of benzene rings is 1. The van der Waals surface area contributed by atoms with E-state index in [1.54, 1.807) is 4.68 Å². The minimum Gasteiger partial charge on any atom is -0.205 e. The van der Waals surface area contributed by atoms with E-state index in [9.17, 15) is 0 Å². The molecule has 1 aromatic carbocycles. The summed E-state index contributed by atoms with van der Waals surface area (Å²) in [5.74, 6) is 6.06. The lowest BCUT2D eigenvalue weighted by Gasteiger charge is -2.14. The SMILES string of the molecule is N[n+]1cccc2c1/C(=C/c1ccccc1)CCC2. The second-order valence-electron chi connectivity index (χ2n) is 4.72. The lowest BCUT2D eigenvalue weighted by Crippen LogP contribution is -2.48. The van der Waals surface area contributed by atoms with Crippen LogP contribution in [0.5, 0.6) is 0 Å². The Hall–Kier alpha value is -2.09. The average Bonchev–Trinajstić information content (AvgIpc) is 2.40. The standard InChI is InChI=1S/C16H17N2/c17-18-11-5-10-14-8-4-9-15(16(14)18)12-13-6-2-1-3-7-13/h1-3,5-7,10-12H,4,8-9,17H2/q+1/b15-12+. The molecule has 0 aliphatic heterocycles. The number of allylic oxidation sites excluding steroid dienone is 1. The highest BCUT2D eigenvalue weighted by atomic mass is 15.3. The Morgan fingerprint density at radius 3 is 2.67 bits per heavy atom. The zero-order valence-electron chi connectivity index (χ0n) is 10.3. The molecule has 0 radical (unpaired) electrons. The summed E-state index contributed by atoms with van der Waals surface area (Å²) in [6.07, 6.45) is 7.60. The van der Waals surface area contributed by atoms with Crippen LogP contribution in [0, 0.1) is 0 Å². The molecule has 1 aliphatic carbocycles. The first-order chi connectivity index (χ1) is 8.84. The molecule has 2 aromatic rings. The Morgan fingerprint density at radius 2 is 1.83 bits per heavy atom. The van der Waals surface area contributed by atoms with Crippen LogP contribution in [0.25, 0.3) is 11.6 Å². The fourth-order valence-corrected chi connectivity index (χ4v) is 2.62. The van der Waals surface area contributed by atoms with E-state index in [2.05, 4.69) is 36.4 Å². The highest BCUT2D eigenvalue weighted by Gasteiger charge is 2.23. The number of aromatic nitrogens is 1. The van der Waals surface area contributed by atoms with E-state index in [0.29, 0.717) is 0 Å². The molecule has 0 unspecified atom stereocenters. The lowest BCUT2D eigenvalue weighted by atomic mass is 9.90. The van der Waals surface area contributed by atoms with Crippen molar-refractivity contribution in [2.24, 2.45) is 0 Å². The molecule has 1 heterocycles. The number of aryl methyl sites for hydroxylation is 1. The molecule has 3 rings (SSSR count). The van der Waals surface area contributed by atoms with Gasteiger partial charge < -0.3 is 0 Å². The van der Waals surface area contributed by atoms with Crippen molar-refractivity contribution in [1.82, 2.24) is 0 Å². The molecule has 2 heteroatoms. The van der Waals surface area contributed by atoms with Gasteiger partial charge >= 0.3 is 0 Å². The van der Waals surface area contributed by atoms with Gasteiger partial charge in [-0.25, -0.2) is 5.84 Å². The summed E-state index contributed by atoms with van der Waals surface area (Å²) in [7, 11) is 0. The molecule has 0 amide bonds. The fourth-order valence-electron chi connectivity index (χ4n) is 2.62. The van der Waals surface area contributed by atoms with Gasteiger partial charge in [0.2, 0.25) is 5.69 Å². The summed E-state index contributed by atoms with van der Waals surface area (Å²) in [5, 5.41) is 0. The van der Waals surface area contributed by atoms with E-state index in [0.717, 1.165) is 12.8 Å². The number of nitrogens with zero attached hydrogens (tertiary/aromatic N) is 1. The summed E-state index contributed by atoms with van der Waals surface area (Å²) < 4.78 is 1.75. The molecule has 18 heavy (non-hydrogen) atoms.